The van der Waals surface area contributed by atoms with Gasteiger partial charge in [-0.05, 0) is 42.8 Å². The van der Waals surface area contributed by atoms with E-state index in [-0.39, 0.29) is 5.91 Å². The number of rotatable bonds is 5. The quantitative estimate of drug-likeness (QED) is 0.785. The maximum atomic E-state index is 12.3. The van der Waals surface area contributed by atoms with Crippen molar-refractivity contribution in [2.45, 2.75) is 20.0 Å². The first-order valence-electron chi connectivity index (χ1n) is 7.45. The third-order valence-corrected chi connectivity index (χ3v) is 3.66. The highest BCUT2D eigenvalue weighted by molar-refractivity contribution is 5.97. The highest BCUT2D eigenvalue weighted by atomic mass is 16.5. The molecule has 1 heterocycles. The molecular formula is C17H18N4O2. The van der Waals surface area contributed by atoms with Crippen LogP contribution < -0.4 is 10.1 Å². The molecule has 0 unspecified atom stereocenters. The molecule has 3 aromatic rings. The molecule has 118 valence electrons. The van der Waals surface area contributed by atoms with Crippen molar-refractivity contribution in [3.63, 3.8) is 0 Å². The summed E-state index contributed by atoms with van der Waals surface area (Å²) in [5.74, 6) is 0.634. The van der Waals surface area contributed by atoms with Gasteiger partial charge in [0.05, 0.1) is 12.6 Å². The molecule has 0 atom stereocenters. The van der Waals surface area contributed by atoms with E-state index in [2.05, 4.69) is 15.6 Å². The topological polar surface area (TPSA) is 69.0 Å². The summed E-state index contributed by atoms with van der Waals surface area (Å²) >= 11 is 0. The Kier molecular flexibility index (Phi) is 4.23. The summed E-state index contributed by atoms with van der Waals surface area (Å²) in [6, 6.07) is 13.0. The molecule has 0 bridgehead atoms. The molecule has 2 aromatic carbocycles. The molecule has 6 heteroatoms. The van der Waals surface area contributed by atoms with E-state index in [0.29, 0.717) is 12.1 Å². The van der Waals surface area contributed by atoms with Crippen LogP contribution in [0, 0.1) is 0 Å². The van der Waals surface area contributed by atoms with Crippen LogP contribution in [0.5, 0.6) is 5.75 Å². The van der Waals surface area contributed by atoms with Crippen LogP contribution in [0.1, 0.15) is 22.8 Å². The Morgan fingerprint density at radius 1 is 1.26 bits per heavy atom. The minimum Gasteiger partial charge on any atom is -0.497 e. The van der Waals surface area contributed by atoms with Crippen LogP contribution in [0.25, 0.3) is 11.0 Å². The Labute approximate surface area is 134 Å². The zero-order chi connectivity index (χ0) is 16.2. The SMILES string of the molecule is CCn1nnc2cc(C(=O)NCc3cccc(OC)c3)ccc21. The van der Waals surface area contributed by atoms with Gasteiger partial charge in [0.15, 0.2) is 0 Å². The van der Waals surface area contributed by atoms with Crippen LogP contribution in [-0.2, 0) is 13.1 Å². The molecule has 3 rings (SSSR count). The van der Waals surface area contributed by atoms with Gasteiger partial charge in [0.25, 0.3) is 5.91 Å². The lowest BCUT2D eigenvalue weighted by Crippen LogP contribution is -2.22. The number of fused-ring (bicyclic) bond motifs is 1. The van der Waals surface area contributed by atoms with E-state index in [1.807, 2.05) is 37.3 Å². The van der Waals surface area contributed by atoms with E-state index >= 15 is 0 Å². The number of hydrogen-bond acceptors (Lipinski definition) is 4. The predicted molar refractivity (Wildman–Crippen MR) is 87.4 cm³/mol. The summed E-state index contributed by atoms with van der Waals surface area (Å²) in [4.78, 5) is 12.3. The fraction of sp³-hybridized carbons (Fsp3) is 0.235. The number of hydrogen-bond donors (Lipinski definition) is 1. The fourth-order valence-electron chi connectivity index (χ4n) is 2.41. The number of nitrogens with zero attached hydrogens (tertiary/aromatic N) is 3. The molecule has 0 aliphatic rings. The normalized spacial score (nSPS) is 10.7. The molecular weight excluding hydrogens is 292 g/mol. The maximum absolute atomic E-state index is 12.3. The molecule has 0 spiro atoms. The van der Waals surface area contributed by atoms with Gasteiger partial charge in [0, 0.05) is 18.7 Å². The van der Waals surface area contributed by atoms with Gasteiger partial charge in [-0.1, -0.05) is 17.3 Å². The molecule has 0 aliphatic heterocycles. The summed E-state index contributed by atoms with van der Waals surface area (Å²) in [6.45, 7) is 3.19. The van der Waals surface area contributed by atoms with Gasteiger partial charge < -0.3 is 10.1 Å². The average Bonchev–Trinajstić information content (AvgIpc) is 3.02. The van der Waals surface area contributed by atoms with Crippen molar-refractivity contribution in [3.8, 4) is 5.75 Å². The van der Waals surface area contributed by atoms with Crippen molar-refractivity contribution in [3.05, 3.63) is 53.6 Å². The first-order valence-corrected chi connectivity index (χ1v) is 7.45. The monoisotopic (exact) mass is 310 g/mol. The molecule has 6 nitrogen and oxygen atoms in total. The number of aryl methyl sites for hydroxylation is 1. The summed E-state index contributed by atoms with van der Waals surface area (Å²) in [5.41, 5.74) is 3.21. The van der Waals surface area contributed by atoms with Crippen LogP contribution in [0.4, 0.5) is 0 Å². The minimum absolute atomic E-state index is 0.138. The Hall–Kier alpha value is -2.89. The van der Waals surface area contributed by atoms with Crippen LogP contribution >= 0.6 is 0 Å². The largest absolute Gasteiger partial charge is 0.497 e. The molecule has 1 amide bonds. The summed E-state index contributed by atoms with van der Waals surface area (Å²) in [5, 5.41) is 11.0. The molecule has 0 aliphatic carbocycles. The van der Waals surface area contributed by atoms with Gasteiger partial charge >= 0.3 is 0 Å². The summed E-state index contributed by atoms with van der Waals surface area (Å²) < 4.78 is 6.98. The molecule has 1 aromatic heterocycles. The third-order valence-electron chi connectivity index (χ3n) is 3.66. The molecule has 0 radical (unpaired) electrons. The number of amides is 1. The molecule has 0 fully saturated rings. The van der Waals surface area contributed by atoms with E-state index in [1.165, 1.54) is 0 Å². The van der Waals surface area contributed by atoms with Gasteiger partial charge in [-0.2, -0.15) is 0 Å². The minimum atomic E-state index is -0.138. The van der Waals surface area contributed by atoms with Crippen LogP contribution in [0.15, 0.2) is 42.5 Å². The highest BCUT2D eigenvalue weighted by Gasteiger charge is 2.09. The summed E-state index contributed by atoms with van der Waals surface area (Å²) in [7, 11) is 1.62. The second-order valence-electron chi connectivity index (χ2n) is 5.14. The molecule has 0 saturated carbocycles. The zero-order valence-electron chi connectivity index (χ0n) is 13.1. The van der Waals surface area contributed by atoms with E-state index in [4.69, 9.17) is 4.74 Å². The van der Waals surface area contributed by atoms with Crippen molar-refractivity contribution in [1.29, 1.82) is 0 Å². The molecule has 0 saturated heterocycles. The van der Waals surface area contributed by atoms with Crippen molar-refractivity contribution >= 4 is 16.9 Å². The van der Waals surface area contributed by atoms with Crippen molar-refractivity contribution in [1.82, 2.24) is 20.3 Å². The van der Waals surface area contributed by atoms with Gasteiger partial charge in [0.1, 0.15) is 11.3 Å². The number of aromatic nitrogens is 3. The first-order chi connectivity index (χ1) is 11.2. The van der Waals surface area contributed by atoms with Gasteiger partial charge in [0.2, 0.25) is 0 Å². The van der Waals surface area contributed by atoms with Crippen molar-refractivity contribution < 1.29 is 9.53 Å². The number of carbonyl (C=O) groups excluding carboxylic acids is 1. The van der Waals surface area contributed by atoms with E-state index in [0.717, 1.165) is 28.9 Å². The van der Waals surface area contributed by atoms with E-state index < -0.39 is 0 Å². The fourth-order valence-corrected chi connectivity index (χ4v) is 2.41. The van der Waals surface area contributed by atoms with Gasteiger partial charge in [-0.25, -0.2) is 4.68 Å². The second-order valence-corrected chi connectivity index (χ2v) is 5.14. The Morgan fingerprint density at radius 2 is 2.13 bits per heavy atom. The number of carbonyl (C=O) groups is 1. The van der Waals surface area contributed by atoms with Crippen molar-refractivity contribution in [2.75, 3.05) is 7.11 Å². The van der Waals surface area contributed by atoms with Gasteiger partial charge in [-0.15, -0.1) is 5.10 Å². The first kappa shape index (κ1) is 15.0. The lowest BCUT2D eigenvalue weighted by atomic mass is 10.1. The van der Waals surface area contributed by atoms with Gasteiger partial charge in [-0.3, -0.25) is 4.79 Å². The summed E-state index contributed by atoms with van der Waals surface area (Å²) in [6.07, 6.45) is 0. The Bertz CT molecular complexity index is 841. The highest BCUT2D eigenvalue weighted by Crippen LogP contribution is 2.15. The lowest BCUT2D eigenvalue weighted by Gasteiger charge is -2.07. The number of ether oxygens (including phenoxy) is 1. The average molecular weight is 310 g/mol. The smallest absolute Gasteiger partial charge is 0.251 e. The Balaban J connectivity index is 1.72. The van der Waals surface area contributed by atoms with E-state index in [9.17, 15) is 4.79 Å². The third kappa shape index (κ3) is 3.15. The van der Waals surface area contributed by atoms with Crippen molar-refractivity contribution in [2.24, 2.45) is 0 Å². The number of nitrogens with one attached hydrogen (secondary N) is 1. The van der Waals surface area contributed by atoms with E-state index in [1.54, 1.807) is 23.9 Å². The van der Waals surface area contributed by atoms with Crippen LogP contribution in [0.2, 0.25) is 0 Å². The predicted octanol–water partition coefficient (Wildman–Crippen LogP) is 2.39. The zero-order valence-corrected chi connectivity index (χ0v) is 13.1. The maximum Gasteiger partial charge on any atom is 0.251 e. The standard InChI is InChI=1S/C17H18N4O2/c1-3-21-16-8-7-13(10-15(16)19-20-21)17(22)18-11-12-5-4-6-14(9-12)23-2/h4-10H,3,11H2,1-2H3,(H,18,22). The molecule has 23 heavy (non-hydrogen) atoms. The lowest BCUT2D eigenvalue weighted by molar-refractivity contribution is 0.0951. The van der Waals surface area contributed by atoms with Crippen LogP contribution in [0.3, 0.4) is 0 Å². The number of methoxy groups -OCH3 is 1. The Morgan fingerprint density at radius 3 is 2.91 bits per heavy atom. The van der Waals surface area contributed by atoms with Crippen LogP contribution in [-0.4, -0.2) is 28.0 Å². The number of benzene rings is 2. The molecule has 1 N–H and O–H groups in total. The second kappa shape index (κ2) is 6.48.